The minimum atomic E-state index is -0.273. The van der Waals surface area contributed by atoms with E-state index < -0.39 is 0 Å². The second-order valence-corrected chi connectivity index (χ2v) is 9.07. The van der Waals surface area contributed by atoms with Gasteiger partial charge in [0.1, 0.15) is 0 Å². The summed E-state index contributed by atoms with van der Waals surface area (Å²) in [6, 6.07) is 0. The predicted octanol–water partition coefficient (Wildman–Crippen LogP) is 4.08. The molecule has 0 amide bonds. The minimum Gasteiger partial charge on any atom is -0.396 e. The molecule has 0 radical (unpaired) electrons. The Kier molecular flexibility index (Phi) is 3.85. The molecule has 2 heteroatoms. The van der Waals surface area contributed by atoms with Crippen LogP contribution in [0.1, 0.15) is 59.3 Å². The van der Waals surface area contributed by atoms with Crippen LogP contribution >= 0.6 is 0 Å². The Morgan fingerprint density at radius 2 is 2.05 bits per heavy atom. The topological polar surface area (TPSA) is 40.5 Å². The quantitative estimate of drug-likeness (QED) is 0.755. The highest BCUT2D eigenvalue weighted by Gasteiger charge is 2.57. The van der Waals surface area contributed by atoms with Gasteiger partial charge in [-0.15, -0.1) is 6.58 Å². The molecule has 3 rings (SSSR count). The second kappa shape index (κ2) is 5.21. The molecule has 3 aliphatic carbocycles. The van der Waals surface area contributed by atoms with Crippen molar-refractivity contribution in [3.8, 4) is 0 Å². The van der Waals surface area contributed by atoms with Gasteiger partial charge in [0, 0.05) is 6.61 Å². The van der Waals surface area contributed by atoms with Crippen LogP contribution in [0.5, 0.6) is 0 Å². The van der Waals surface area contributed by atoms with Crippen molar-refractivity contribution in [2.75, 3.05) is 6.61 Å². The highest BCUT2D eigenvalue weighted by atomic mass is 16.3. The molecule has 0 unspecified atom stereocenters. The largest absolute Gasteiger partial charge is 0.396 e. The van der Waals surface area contributed by atoms with Crippen molar-refractivity contribution in [1.82, 2.24) is 0 Å². The van der Waals surface area contributed by atoms with Crippen LogP contribution in [0.2, 0.25) is 0 Å². The molecule has 2 N–H and O–H groups in total. The summed E-state index contributed by atoms with van der Waals surface area (Å²) in [7, 11) is 0. The maximum absolute atomic E-state index is 10.5. The summed E-state index contributed by atoms with van der Waals surface area (Å²) in [5.74, 6) is 1.05. The summed E-state index contributed by atoms with van der Waals surface area (Å²) in [6.07, 6.45) is 10.5. The number of rotatable bonds is 2. The normalized spacial score (nSPS) is 51.5. The van der Waals surface area contributed by atoms with Crippen LogP contribution in [-0.2, 0) is 0 Å². The molecular weight excluding hydrogens is 272 g/mol. The predicted molar refractivity (Wildman–Crippen MR) is 90.4 cm³/mol. The van der Waals surface area contributed by atoms with Crippen LogP contribution in [0.3, 0.4) is 0 Å². The third kappa shape index (κ3) is 2.30. The Hall–Kier alpha value is -0.600. The molecule has 0 aromatic rings. The lowest BCUT2D eigenvalue weighted by Gasteiger charge is -2.60. The zero-order valence-electron chi connectivity index (χ0n) is 14.4. The molecule has 22 heavy (non-hydrogen) atoms. The summed E-state index contributed by atoms with van der Waals surface area (Å²) < 4.78 is 0. The first-order valence-electron chi connectivity index (χ1n) is 8.88. The Labute approximate surface area is 135 Å². The Balaban J connectivity index is 1.97. The molecule has 0 spiro atoms. The van der Waals surface area contributed by atoms with E-state index >= 15 is 0 Å². The van der Waals surface area contributed by atoms with E-state index in [2.05, 4.69) is 39.5 Å². The van der Waals surface area contributed by atoms with Gasteiger partial charge in [-0.05, 0) is 66.6 Å². The van der Waals surface area contributed by atoms with E-state index in [0.717, 1.165) is 25.7 Å². The number of aliphatic hydroxyl groups excluding tert-OH is 2. The average Bonchev–Trinajstić information content (AvgIpc) is 2.45. The summed E-state index contributed by atoms with van der Waals surface area (Å²) in [5.41, 5.74) is 1.80. The van der Waals surface area contributed by atoms with E-state index in [1.807, 2.05) is 0 Å². The fraction of sp³-hybridized carbons (Fsp3) is 0.800. The van der Waals surface area contributed by atoms with Crippen molar-refractivity contribution in [2.24, 2.45) is 28.1 Å². The zero-order valence-corrected chi connectivity index (χ0v) is 14.4. The molecule has 0 aliphatic heterocycles. The van der Waals surface area contributed by atoms with Gasteiger partial charge in [0.2, 0.25) is 0 Å². The van der Waals surface area contributed by atoms with Crippen LogP contribution in [0.25, 0.3) is 0 Å². The van der Waals surface area contributed by atoms with E-state index in [9.17, 15) is 10.2 Å². The van der Waals surface area contributed by atoms with Crippen LogP contribution in [0.15, 0.2) is 24.3 Å². The van der Waals surface area contributed by atoms with E-state index in [1.165, 1.54) is 12.8 Å². The van der Waals surface area contributed by atoms with Gasteiger partial charge in [0.25, 0.3) is 0 Å². The van der Waals surface area contributed by atoms with Crippen molar-refractivity contribution in [3.63, 3.8) is 0 Å². The van der Waals surface area contributed by atoms with Gasteiger partial charge < -0.3 is 10.2 Å². The van der Waals surface area contributed by atoms with Crippen LogP contribution in [-0.4, -0.2) is 22.9 Å². The van der Waals surface area contributed by atoms with Crippen LogP contribution < -0.4 is 0 Å². The molecule has 0 bridgehead atoms. The SMILES string of the molecule is C=C[C@@]1(C)CC[C@H]2C(=CC[C@@H]3[C@@](C)(CO)C[C@H](O)C[C@]32C)C1. The van der Waals surface area contributed by atoms with Gasteiger partial charge in [0.15, 0.2) is 0 Å². The van der Waals surface area contributed by atoms with Crippen LogP contribution in [0.4, 0.5) is 0 Å². The average molecular weight is 304 g/mol. The lowest BCUT2D eigenvalue weighted by Crippen LogP contribution is -2.55. The minimum absolute atomic E-state index is 0.127. The smallest absolute Gasteiger partial charge is 0.0552 e. The fourth-order valence-electron chi connectivity index (χ4n) is 6.06. The highest BCUT2D eigenvalue weighted by Crippen LogP contribution is 2.63. The van der Waals surface area contributed by atoms with Crippen molar-refractivity contribution in [3.05, 3.63) is 24.3 Å². The van der Waals surface area contributed by atoms with E-state index in [4.69, 9.17) is 0 Å². The first-order valence-corrected chi connectivity index (χ1v) is 8.88. The standard InChI is InChI=1S/C20H32O2/c1-5-18(2)9-8-16-14(10-18)6-7-17-19(3,13-21)11-15(22)12-20(16,17)4/h5-6,15-17,21-22H,1,7-13H2,2-4H3/t15-,16-,17+,18-,19+,20-/m0/s1. The Morgan fingerprint density at radius 3 is 2.68 bits per heavy atom. The number of hydrogen-bond donors (Lipinski definition) is 2. The van der Waals surface area contributed by atoms with Gasteiger partial charge in [-0.25, -0.2) is 0 Å². The maximum atomic E-state index is 10.5. The molecule has 6 atom stereocenters. The second-order valence-electron chi connectivity index (χ2n) is 9.07. The maximum Gasteiger partial charge on any atom is 0.0552 e. The van der Waals surface area contributed by atoms with Gasteiger partial charge in [-0.3, -0.25) is 0 Å². The summed E-state index contributed by atoms with van der Waals surface area (Å²) in [5, 5.41) is 20.5. The zero-order chi connectivity index (χ0) is 16.2. The van der Waals surface area contributed by atoms with Crippen molar-refractivity contribution in [2.45, 2.75) is 65.4 Å². The first kappa shape index (κ1) is 16.3. The molecule has 0 aromatic carbocycles. The lowest BCUT2D eigenvalue weighted by atomic mass is 9.45. The van der Waals surface area contributed by atoms with E-state index in [1.54, 1.807) is 5.57 Å². The van der Waals surface area contributed by atoms with Crippen molar-refractivity contribution < 1.29 is 10.2 Å². The van der Waals surface area contributed by atoms with Crippen molar-refractivity contribution in [1.29, 1.82) is 0 Å². The Morgan fingerprint density at radius 1 is 1.32 bits per heavy atom. The Bertz CT molecular complexity index is 496. The molecule has 0 heterocycles. The molecule has 2 nitrogen and oxygen atoms in total. The van der Waals surface area contributed by atoms with Gasteiger partial charge in [0.05, 0.1) is 6.10 Å². The van der Waals surface area contributed by atoms with E-state index in [0.29, 0.717) is 11.8 Å². The number of allylic oxidation sites excluding steroid dienone is 3. The highest BCUT2D eigenvalue weighted by molar-refractivity contribution is 5.25. The first-order chi connectivity index (χ1) is 10.3. The number of fused-ring (bicyclic) bond motifs is 3. The summed E-state index contributed by atoms with van der Waals surface area (Å²) >= 11 is 0. The molecular formula is C20H32O2. The number of aliphatic hydroxyl groups is 2. The molecule has 2 saturated carbocycles. The third-order valence-electron chi connectivity index (χ3n) is 7.34. The van der Waals surface area contributed by atoms with Crippen LogP contribution in [0, 0.1) is 28.1 Å². The molecule has 124 valence electrons. The lowest BCUT2D eigenvalue weighted by molar-refractivity contribution is -0.125. The molecule has 3 aliphatic rings. The summed E-state index contributed by atoms with van der Waals surface area (Å²) in [4.78, 5) is 0. The fourth-order valence-corrected chi connectivity index (χ4v) is 6.06. The number of hydrogen-bond acceptors (Lipinski definition) is 2. The monoisotopic (exact) mass is 304 g/mol. The van der Waals surface area contributed by atoms with Crippen molar-refractivity contribution >= 4 is 0 Å². The molecule has 0 aromatic heterocycles. The molecule has 0 saturated heterocycles. The summed E-state index contributed by atoms with van der Waals surface area (Å²) in [6.45, 7) is 11.1. The third-order valence-corrected chi connectivity index (χ3v) is 7.34. The van der Waals surface area contributed by atoms with Gasteiger partial charge >= 0.3 is 0 Å². The van der Waals surface area contributed by atoms with E-state index in [-0.39, 0.29) is 29.0 Å². The van der Waals surface area contributed by atoms with Gasteiger partial charge in [-0.1, -0.05) is 38.5 Å². The molecule has 2 fully saturated rings. The van der Waals surface area contributed by atoms with Gasteiger partial charge in [-0.2, -0.15) is 0 Å².